The highest BCUT2D eigenvalue weighted by Gasteiger charge is 2.23. The Morgan fingerprint density at radius 3 is 2.53 bits per heavy atom. The van der Waals surface area contributed by atoms with Gasteiger partial charge in [0, 0.05) is 19.7 Å². The summed E-state index contributed by atoms with van der Waals surface area (Å²) in [5.41, 5.74) is 4.86. The molecule has 3 N–H and O–H groups in total. The fraction of sp³-hybridized carbons (Fsp3) is 0.909. The number of amides is 1. The summed E-state index contributed by atoms with van der Waals surface area (Å²) in [7, 11) is 0. The van der Waals surface area contributed by atoms with Crippen LogP contribution in [0.2, 0.25) is 0 Å². The van der Waals surface area contributed by atoms with Gasteiger partial charge in [-0.05, 0) is 27.2 Å². The maximum atomic E-state index is 12.3. The maximum absolute atomic E-state index is 12.3. The molecule has 0 spiro atoms. The zero-order chi connectivity index (χ0) is 13.5. The van der Waals surface area contributed by atoms with Crippen molar-refractivity contribution in [3.63, 3.8) is 0 Å². The lowest BCUT2D eigenvalue weighted by Gasteiger charge is -2.28. The van der Waals surface area contributed by atoms with Crippen molar-refractivity contribution in [2.75, 3.05) is 26.4 Å². The zero-order valence-electron chi connectivity index (χ0n) is 10.8. The lowest BCUT2D eigenvalue weighted by molar-refractivity contribution is 0.0225. The number of hydrogen-bond donors (Lipinski definition) is 2. The van der Waals surface area contributed by atoms with E-state index in [1.54, 1.807) is 20.8 Å². The van der Waals surface area contributed by atoms with Gasteiger partial charge >= 0.3 is 6.09 Å². The number of halogens is 1. The van der Waals surface area contributed by atoms with E-state index in [0.717, 1.165) is 0 Å². The summed E-state index contributed by atoms with van der Waals surface area (Å²) in [6.45, 7) is 4.92. The quantitative estimate of drug-likeness (QED) is 0.734. The van der Waals surface area contributed by atoms with Crippen molar-refractivity contribution in [1.82, 2.24) is 4.90 Å². The third kappa shape index (κ3) is 7.93. The smallest absolute Gasteiger partial charge is 0.410 e. The van der Waals surface area contributed by atoms with Gasteiger partial charge in [-0.1, -0.05) is 0 Å². The Balaban J connectivity index is 4.39. The average Bonchev–Trinajstić information content (AvgIpc) is 2.21. The van der Waals surface area contributed by atoms with Gasteiger partial charge in [0.1, 0.15) is 12.3 Å². The van der Waals surface area contributed by atoms with E-state index in [2.05, 4.69) is 0 Å². The van der Waals surface area contributed by atoms with E-state index in [1.807, 2.05) is 0 Å². The first-order chi connectivity index (χ1) is 7.80. The van der Waals surface area contributed by atoms with Crippen LogP contribution in [0.25, 0.3) is 0 Å². The normalized spacial score (nSPS) is 13.3. The van der Waals surface area contributed by atoms with Crippen molar-refractivity contribution in [1.29, 1.82) is 0 Å². The largest absolute Gasteiger partial charge is 0.444 e. The number of carbonyl (C=O) groups is 1. The van der Waals surface area contributed by atoms with Crippen molar-refractivity contribution < 1.29 is 19.0 Å². The maximum Gasteiger partial charge on any atom is 0.410 e. The summed E-state index contributed by atoms with van der Waals surface area (Å²) in [5, 5.41) is 8.74. The standard InChI is InChI=1S/C11H23FN2O3/c1-11(2,3)17-10(16)14(5-4-6-15)8-9(13)7-12/h9,15H,4-8,13H2,1-3H3. The Bertz CT molecular complexity index is 231. The third-order valence-corrected chi connectivity index (χ3v) is 1.89. The molecule has 5 nitrogen and oxygen atoms in total. The Morgan fingerprint density at radius 1 is 1.53 bits per heavy atom. The molecule has 0 aromatic rings. The predicted molar refractivity (Wildman–Crippen MR) is 63.5 cm³/mol. The van der Waals surface area contributed by atoms with Crippen LogP contribution in [0.4, 0.5) is 9.18 Å². The van der Waals surface area contributed by atoms with Crippen molar-refractivity contribution in [2.24, 2.45) is 5.73 Å². The van der Waals surface area contributed by atoms with Gasteiger partial charge in [0.15, 0.2) is 0 Å². The Labute approximate surface area is 102 Å². The van der Waals surface area contributed by atoms with E-state index in [9.17, 15) is 9.18 Å². The van der Waals surface area contributed by atoms with E-state index in [1.165, 1.54) is 4.90 Å². The number of ether oxygens (including phenoxy) is 1. The molecule has 0 aromatic heterocycles. The van der Waals surface area contributed by atoms with E-state index in [0.29, 0.717) is 13.0 Å². The SMILES string of the molecule is CC(C)(C)OC(=O)N(CCCO)CC(N)CF. The number of aliphatic hydroxyl groups excluding tert-OH is 1. The minimum Gasteiger partial charge on any atom is -0.444 e. The number of nitrogens with zero attached hydrogens (tertiary/aromatic N) is 1. The predicted octanol–water partition coefficient (Wildman–Crippen LogP) is 0.903. The molecule has 6 heteroatoms. The monoisotopic (exact) mass is 250 g/mol. The van der Waals surface area contributed by atoms with Crippen LogP contribution in [-0.4, -0.2) is 54.1 Å². The third-order valence-electron chi connectivity index (χ3n) is 1.89. The molecule has 0 aliphatic rings. The molecule has 0 aliphatic heterocycles. The second-order valence-corrected chi connectivity index (χ2v) is 4.92. The van der Waals surface area contributed by atoms with E-state index >= 15 is 0 Å². The van der Waals surface area contributed by atoms with Crippen molar-refractivity contribution in [3.05, 3.63) is 0 Å². The van der Waals surface area contributed by atoms with Crippen LogP contribution in [0, 0.1) is 0 Å². The van der Waals surface area contributed by atoms with Crippen LogP contribution in [0.5, 0.6) is 0 Å². The molecule has 0 fully saturated rings. The molecule has 102 valence electrons. The van der Waals surface area contributed by atoms with Crippen molar-refractivity contribution >= 4 is 6.09 Å². The molecule has 0 heterocycles. The molecule has 1 amide bonds. The average molecular weight is 250 g/mol. The number of rotatable bonds is 6. The first-order valence-corrected chi connectivity index (χ1v) is 5.70. The van der Waals surface area contributed by atoms with Crippen LogP contribution >= 0.6 is 0 Å². The van der Waals surface area contributed by atoms with Gasteiger partial charge in [0.05, 0.1) is 6.04 Å². The van der Waals surface area contributed by atoms with Gasteiger partial charge in [-0.15, -0.1) is 0 Å². The molecule has 0 radical (unpaired) electrons. The first kappa shape index (κ1) is 16.1. The van der Waals surface area contributed by atoms with Crippen LogP contribution in [0.15, 0.2) is 0 Å². The minimum absolute atomic E-state index is 0.0375. The second-order valence-electron chi connectivity index (χ2n) is 4.92. The number of carbonyl (C=O) groups excluding carboxylic acids is 1. The Kier molecular flexibility index (Phi) is 7.06. The van der Waals surface area contributed by atoms with E-state index in [-0.39, 0.29) is 13.2 Å². The Hall–Kier alpha value is -0.880. The van der Waals surface area contributed by atoms with E-state index < -0.39 is 24.4 Å². The van der Waals surface area contributed by atoms with Crippen LogP contribution in [0.3, 0.4) is 0 Å². The number of hydrogen-bond acceptors (Lipinski definition) is 4. The van der Waals surface area contributed by atoms with Crippen molar-refractivity contribution in [2.45, 2.75) is 38.8 Å². The van der Waals surface area contributed by atoms with Gasteiger partial charge < -0.3 is 20.5 Å². The summed E-state index contributed by atoms with van der Waals surface area (Å²) in [6, 6.07) is -0.721. The summed E-state index contributed by atoms with van der Waals surface area (Å²) in [4.78, 5) is 13.1. The molecule has 0 aromatic carbocycles. The fourth-order valence-corrected chi connectivity index (χ4v) is 1.18. The van der Waals surface area contributed by atoms with Gasteiger partial charge in [-0.25, -0.2) is 9.18 Å². The number of nitrogens with two attached hydrogens (primary N) is 1. The lowest BCUT2D eigenvalue weighted by Crippen LogP contribution is -2.45. The number of aliphatic hydroxyl groups is 1. The molecule has 0 aliphatic carbocycles. The lowest BCUT2D eigenvalue weighted by atomic mass is 10.2. The van der Waals surface area contributed by atoms with Gasteiger partial charge in [-0.2, -0.15) is 0 Å². The highest BCUT2D eigenvalue weighted by Crippen LogP contribution is 2.10. The van der Waals surface area contributed by atoms with Crippen LogP contribution in [0.1, 0.15) is 27.2 Å². The fourth-order valence-electron chi connectivity index (χ4n) is 1.18. The molecule has 17 heavy (non-hydrogen) atoms. The zero-order valence-corrected chi connectivity index (χ0v) is 10.8. The molecule has 1 unspecified atom stereocenters. The highest BCUT2D eigenvalue weighted by atomic mass is 19.1. The molecule has 1 atom stereocenters. The first-order valence-electron chi connectivity index (χ1n) is 5.70. The topological polar surface area (TPSA) is 75.8 Å². The summed E-state index contributed by atoms with van der Waals surface area (Å²) < 4.78 is 17.5. The highest BCUT2D eigenvalue weighted by molar-refractivity contribution is 5.68. The molecular weight excluding hydrogens is 227 g/mol. The molecule has 0 saturated carbocycles. The Morgan fingerprint density at radius 2 is 2.12 bits per heavy atom. The number of alkyl halides is 1. The molecule has 0 saturated heterocycles. The summed E-state index contributed by atoms with van der Waals surface area (Å²) in [6.07, 6.45) is -0.118. The van der Waals surface area contributed by atoms with Crippen LogP contribution < -0.4 is 5.73 Å². The summed E-state index contributed by atoms with van der Waals surface area (Å²) in [5.74, 6) is 0. The molecule has 0 bridgehead atoms. The molecule has 0 rings (SSSR count). The van der Waals surface area contributed by atoms with Crippen molar-refractivity contribution in [3.8, 4) is 0 Å². The minimum atomic E-state index is -0.721. The van der Waals surface area contributed by atoms with Crippen LogP contribution in [-0.2, 0) is 4.74 Å². The second kappa shape index (κ2) is 7.45. The molecular formula is C11H23FN2O3. The van der Waals surface area contributed by atoms with Gasteiger partial charge in [0.25, 0.3) is 0 Å². The van der Waals surface area contributed by atoms with Gasteiger partial charge in [-0.3, -0.25) is 0 Å². The van der Waals surface area contributed by atoms with E-state index in [4.69, 9.17) is 15.6 Å². The van der Waals surface area contributed by atoms with Gasteiger partial charge in [0.2, 0.25) is 0 Å². The summed E-state index contributed by atoms with van der Waals surface area (Å²) >= 11 is 0.